The van der Waals surface area contributed by atoms with E-state index in [-0.39, 0.29) is 0 Å². The number of hydrogen-bond acceptors (Lipinski definition) is 2. The highest BCUT2D eigenvalue weighted by Gasteiger charge is 2.10. The van der Waals surface area contributed by atoms with E-state index < -0.39 is 0 Å². The van der Waals surface area contributed by atoms with Crippen LogP contribution in [-0.2, 0) is 0 Å². The largest absolute Gasteiger partial charge is 0.314 e. The molecule has 1 atom stereocenters. The van der Waals surface area contributed by atoms with Crippen LogP contribution in [0.3, 0.4) is 0 Å². The fraction of sp³-hybridized carbons (Fsp3) is 0.500. The first kappa shape index (κ1) is 11.3. The van der Waals surface area contributed by atoms with Gasteiger partial charge in [0.15, 0.2) is 0 Å². The number of piperidine rings is 1. The molecule has 1 aromatic carbocycles. The first-order valence-electron chi connectivity index (χ1n) is 6.23. The predicted octanol–water partition coefficient (Wildman–Crippen LogP) is 2.64. The minimum Gasteiger partial charge on any atom is -0.314 e. The minimum atomic E-state index is 0.696. The first-order valence-corrected chi connectivity index (χ1v) is 6.23. The molecule has 0 amide bonds. The lowest BCUT2D eigenvalue weighted by molar-refractivity contribution is 0.386. The minimum absolute atomic E-state index is 0.696. The summed E-state index contributed by atoms with van der Waals surface area (Å²) >= 11 is 0. The van der Waals surface area contributed by atoms with Crippen LogP contribution in [0.25, 0.3) is 0 Å². The van der Waals surface area contributed by atoms with Crippen LogP contribution >= 0.6 is 0 Å². The van der Waals surface area contributed by atoms with Crippen LogP contribution in [0.15, 0.2) is 35.3 Å². The average molecular weight is 216 g/mol. The standard InChI is InChI=1S/C14H20N2/c1-2-6-13(7-3-1)12-15-11-9-14-8-4-5-10-16-14/h1-3,6-7,12,14,16H,4-5,8-11H2. The second-order valence-corrected chi connectivity index (χ2v) is 4.38. The molecule has 1 unspecified atom stereocenters. The third-order valence-corrected chi connectivity index (χ3v) is 3.06. The number of hydrogen-bond donors (Lipinski definition) is 1. The molecule has 0 bridgehead atoms. The van der Waals surface area contributed by atoms with Crippen LogP contribution in [-0.4, -0.2) is 25.3 Å². The van der Waals surface area contributed by atoms with Crippen LogP contribution in [0, 0.1) is 0 Å². The van der Waals surface area contributed by atoms with E-state index in [1.54, 1.807) is 0 Å². The van der Waals surface area contributed by atoms with Gasteiger partial charge in [-0.15, -0.1) is 0 Å². The van der Waals surface area contributed by atoms with Gasteiger partial charge in [0, 0.05) is 18.8 Å². The van der Waals surface area contributed by atoms with Crippen LogP contribution in [0.4, 0.5) is 0 Å². The van der Waals surface area contributed by atoms with Crippen molar-refractivity contribution in [1.82, 2.24) is 5.32 Å². The molecule has 1 aliphatic rings. The van der Waals surface area contributed by atoms with E-state index >= 15 is 0 Å². The molecule has 0 aliphatic carbocycles. The van der Waals surface area contributed by atoms with Gasteiger partial charge in [-0.25, -0.2) is 0 Å². The van der Waals surface area contributed by atoms with Crippen molar-refractivity contribution in [3.8, 4) is 0 Å². The Morgan fingerprint density at radius 2 is 2.12 bits per heavy atom. The van der Waals surface area contributed by atoms with Gasteiger partial charge in [0.05, 0.1) is 0 Å². The van der Waals surface area contributed by atoms with Crippen molar-refractivity contribution in [2.24, 2.45) is 4.99 Å². The summed E-state index contributed by atoms with van der Waals surface area (Å²) < 4.78 is 0. The summed E-state index contributed by atoms with van der Waals surface area (Å²) in [6.07, 6.45) is 7.18. The first-order chi connectivity index (χ1) is 7.95. The van der Waals surface area contributed by atoms with Crippen molar-refractivity contribution in [1.29, 1.82) is 0 Å². The lowest BCUT2D eigenvalue weighted by Crippen LogP contribution is -2.34. The molecule has 2 rings (SSSR count). The monoisotopic (exact) mass is 216 g/mol. The molecule has 0 spiro atoms. The van der Waals surface area contributed by atoms with Crippen molar-refractivity contribution in [3.05, 3.63) is 35.9 Å². The quantitative estimate of drug-likeness (QED) is 0.769. The van der Waals surface area contributed by atoms with Gasteiger partial charge in [-0.3, -0.25) is 4.99 Å². The van der Waals surface area contributed by atoms with Crippen molar-refractivity contribution < 1.29 is 0 Å². The SMILES string of the molecule is C(=NCCC1CCCCN1)c1ccccc1. The fourth-order valence-electron chi connectivity index (χ4n) is 2.11. The van der Waals surface area contributed by atoms with Gasteiger partial charge >= 0.3 is 0 Å². The third-order valence-electron chi connectivity index (χ3n) is 3.06. The van der Waals surface area contributed by atoms with Gasteiger partial charge in [0.1, 0.15) is 0 Å². The molecule has 1 aromatic rings. The van der Waals surface area contributed by atoms with E-state index in [1.807, 2.05) is 24.4 Å². The molecule has 1 saturated heterocycles. The summed E-state index contributed by atoms with van der Waals surface area (Å²) in [5.41, 5.74) is 1.19. The van der Waals surface area contributed by atoms with E-state index in [2.05, 4.69) is 22.4 Å². The van der Waals surface area contributed by atoms with E-state index in [0.717, 1.165) is 6.54 Å². The van der Waals surface area contributed by atoms with Gasteiger partial charge in [-0.2, -0.15) is 0 Å². The van der Waals surface area contributed by atoms with Crippen LogP contribution < -0.4 is 5.32 Å². The Morgan fingerprint density at radius 3 is 2.88 bits per heavy atom. The summed E-state index contributed by atoms with van der Waals surface area (Å²) in [5.74, 6) is 0. The highest BCUT2D eigenvalue weighted by Crippen LogP contribution is 2.09. The van der Waals surface area contributed by atoms with Crippen LogP contribution in [0.2, 0.25) is 0 Å². The van der Waals surface area contributed by atoms with Gasteiger partial charge in [0.2, 0.25) is 0 Å². The Bertz CT molecular complexity index is 313. The summed E-state index contributed by atoms with van der Waals surface area (Å²) in [6, 6.07) is 11.0. The maximum absolute atomic E-state index is 4.47. The van der Waals surface area contributed by atoms with Crippen molar-refractivity contribution >= 4 is 6.21 Å². The summed E-state index contributed by atoms with van der Waals surface area (Å²) in [6.45, 7) is 2.12. The molecule has 0 saturated carbocycles. The second-order valence-electron chi connectivity index (χ2n) is 4.38. The van der Waals surface area contributed by atoms with E-state index in [9.17, 15) is 0 Å². The van der Waals surface area contributed by atoms with Gasteiger partial charge < -0.3 is 5.32 Å². The molecule has 1 N–H and O–H groups in total. The van der Waals surface area contributed by atoms with Gasteiger partial charge in [-0.1, -0.05) is 36.8 Å². The summed E-state index contributed by atoms with van der Waals surface area (Å²) in [4.78, 5) is 4.47. The maximum atomic E-state index is 4.47. The van der Waals surface area contributed by atoms with Crippen LogP contribution in [0.1, 0.15) is 31.2 Å². The van der Waals surface area contributed by atoms with Crippen molar-refractivity contribution in [2.75, 3.05) is 13.1 Å². The molecule has 2 heteroatoms. The summed E-state index contributed by atoms with van der Waals surface area (Å²) in [5, 5.41) is 3.54. The number of rotatable bonds is 4. The van der Waals surface area contributed by atoms with Crippen LogP contribution in [0.5, 0.6) is 0 Å². The molecule has 1 heterocycles. The zero-order chi connectivity index (χ0) is 11.1. The molecule has 86 valence electrons. The molecule has 1 aliphatic heterocycles. The number of nitrogens with one attached hydrogen (secondary N) is 1. The van der Waals surface area contributed by atoms with E-state index in [4.69, 9.17) is 0 Å². The Kier molecular flexibility index (Phi) is 4.56. The Morgan fingerprint density at radius 1 is 1.25 bits per heavy atom. The zero-order valence-electron chi connectivity index (χ0n) is 9.73. The van der Waals surface area contributed by atoms with E-state index in [1.165, 1.54) is 37.8 Å². The number of nitrogens with zero attached hydrogens (tertiary/aromatic N) is 1. The number of aliphatic imine (C=N–C) groups is 1. The highest BCUT2D eigenvalue weighted by molar-refractivity contribution is 5.79. The molecular formula is C14H20N2. The lowest BCUT2D eigenvalue weighted by Gasteiger charge is -2.22. The maximum Gasteiger partial charge on any atom is 0.0404 e. The average Bonchev–Trinajstić information content (AvgIpc) is 2.37. The zero-order valence-corrected chi connectivity index (χ0v) is 9.73. The molecule has 0 aromatic heterocycles. The van der Waals surface area contributed by atoms with Gasteiger partial charge in [-0.05, 0) is 31.4 Å². The fourth-order valence-corrected chi connectivity index (χ4v) is 2.11. The Labute approximate surface area is 97.8 Å². The molecular weight excluding hydrogens is 196 g/mol. The van der Waals surface area contributed by atoms with Crippen molar-refractivity contribution in [3.63, 3.8) is 0 Å². The third kappa shape index (κ3) is 3.78. The summed E-state index contributed by atoms with van der Waals surface area (Å²) in [7, 11) is 0. The molecule has 16 heavy (non-hydrogen) atoms. The number of benzene rings is 1. The Hall–Kier alpha value is -1.15. The smallest absolute Gasteiger partial charge is 0.0404 e. The molecule has 0 radical (unpaired) electrons. The molecule has 2 nitrogen and oxygen atoms in total. The van der Waals surface area contributed by atoms with Crippen molar-refractivity contribution in [2.45, 2.75) is 31.7 Å². The van der Waals surface area contributed by atoms with E-state index in [0.29, 0.717) is 6.04 Å². The molecule has 1 fully saturated rings. The predicted molar refractivity (Wildman–Crippen MR) is 69.2 cm³/mol. The second kappa shape index (κ2) is 6.44. The lowest BCUT2D eigenvalue weighted by atomic mass is 10.0. The Balaban J connectivity index is 1.69. The van der Waals surface area contributed by atoms with Gasteiger partial charge in [0.25, 0.3) is 0 Å². The topological polar surface area (TPSA) is 24.4 Å². The highest BCUT2D eigenvalue weighted by atomic mass is 14.9. The normalized spacial score (nSPS) is 21.4.